The van der Waals surface area contributed by atoms with Crippen molar-refractivity contribution >= 4 is 5.91 Å². The third-order valence-corrected chi connectivity index (χ3v) is 4.46. The summed E-state index contributed by atoms with van der Waals surface area (Å²) in [4.78, 5) is 13.5. The third kappa shape index (κ3) is 2.06. The van der Waals surface area contributed by atoms with Crippen LogP contribution in [0.1, 0.15) is 34.1 Å². The van der Waals surface area contributed by atoms with Crippen LogP contribution in [0, 0.1) is 0 Å². The van der Waals surface area contributed by atoms with Gasteiger partial charge in [-0.3, -0.25) is 4.79 Å². The van der Waals surface area contributed by atoms with Gasteiger partial charge in [0.15, 0.2) is 5.79 Å². The Morgan fingerprint density at radius 2 is 1.95 bits per heavy atom. The molecule has 0 aromatic heterocycles. The summed E-state index contributed by atoms with van der Waals surface area (Å²) in [6.45, 7) is 7.58. The Labute approximate surface area is 119 Å². The van der Waals surface area contributed by atoms with Crippen LogP contribution >= 0.6 is 0 Å². The van der Waals surface area contributed by atoms with E-state index in [1.54, 1.807) is 4.90 Å². The zero-order valence-corrected chi connectivity index (χ0v) is 12.4. The van der Waals surface area contributed by atoms with Crippen LogP contribution in [-0.4, -0.2) is 64.8 Å². The maximum atomic E-state index is 11.8. The van der Waals surface area contributed by atoms with Crippen LogP contribution in [0.15, 0.2) is 0 Å². The quantitative estimate of drug-likeness (QED) is 0.749. The number of hydrogen-bond donors (Lipinski definition) is 1. The molecule has 6 nitrogen and oxygen atoms in total. The molecule has 0 aliphatic carbocycles. The molecule has 0 aromatic rings. The molecule has 3 aliphatic rings. The lowest BCUT2D eigenvalue weighted by Gasteiger charge is -2.41. The smallest absolute Gasteiger partial charge is 0.219 e. The number of aliphatic hydroxyl groups excluding tert-OH is 1. The zero-order chi connectivity index (χ0) is 14.7. The molecule has 1 unspecified atom stereocenters. The first-order valence-corrected chi connectivity index (χ1v) is 7.30. The molecule has 0 saturated carbocycles. The van der Waals surface area contributed by atoms with Crippen LogP contribution in [0.25, 0.3) is 0 Å². The fourth-order valence-electron chi connectivity index (χ4n) is 3.68. The fraction of sp³-hybridized carbons (Fsp3) is 0.929. The van der Waals surface area contributed by atoms with Crippen LogP contribution < -0.4 is 0 Å². The Bertz CT molecular complexity index is 412. The van der Waals surface area contributed by atoms with E-state index in [9.17, 15) is 9.90 Å². The summed E-state index contributed by atoms with van der Waals surface area (Å²) < 4.78 is 18.0. The van der Waals surface area contributed by atoms with E-state index in [0.717, 1.165) is 6.42 Å². The monoisotopic (exact) mass is 285 g/mol. The van der Waals surface area contributed by atoms with Gasteiger partial charge in [-0.2, -0.15) is 0 Å². The van der Waals surface area contributed by atoms with Gasteiger partial charge < -0.3 is 24.2 Å². The van der Waals surface area contributed by atoms with Crippen molar-refractivity contribution in [1.29, 1.82) is 0 Å². The summed E-state index contributed by atoms with van der Waals surface area (Å²) in [5.41, 5.74) is 0. The third-order valence-electron chi connectivity index (χ3n) is 4.46. The highest BCUT2D eigenvalue weighted by Crippen LogP contribution is 2.43. The van der Waals surface area contributed by atoms with E-state index in [2.05, 4.69) is 0 Å². The predicted molar refractivity (Wildman–Crippen MR) is 70.0 cm³/mol. The van der Waals surface area contributed by atoms with Crippen molar-refractivity contribution in [2.45, 2.75) is 76.5 Å². The molecule has 6 heteroatoms. The van der Waals surface area contributed by atoms with Crippen molar-refractivity contribution in [1.82, 2.24) is 4.90 Å². The molecule has 3 aliphatic heterocycles. The number of nitrogens with zero attached hydrogens (tertiary/aromatic N) is 1. The molecular weight excluding hydrogens is 262 g/mol. The van der Waals surface area contributed by atoms with E-state index in [1.165, 1.54) is 6.92 Å². The van der Waals surface area contributed by atoms with E-state index in [1.807, 2.05) is 20.8 Å². The number of rotatable bonds is 1. The fourth-order valence-corrected chi connectivity index (χ4v) is 3.68. The van der Waals surface area contributed by atoms with Gasteiger partial charge in [0.1, 0.15) is 18.3 Å². The van der Waals surface area contributed by atoms with Gasteiger partial charge in [-0.05, 0) is 20.3 Å². The number of likely N-dealkylation sites (tertiary alicyclic amines) is 1. The minimum Gasteiger partial charge on any atom is -0.388 e. The molecule has 20 heavy (non-hydrogen) atoms. The second-order valence-corrected chi connectivity index (χ2v) is 6.34. The zero-order valence-electron chi connectivity index (χ0n) is 12.4. The normalized spacial score (nSPS) is 46.1. The minimum absolute atomic E-state index is 0.0674. The SMILES string of the molecule is CC[C@H]1OC2[C@H](O)CN(C(C)=O)[C@@H]2[C@H]2OC(C)(C)O[C@H]21. The van der Waals surface area contributed by atoms with Gasteiger partial charge in [0, 0.05) is 13.5 Å². The Morgan fingerprint density at radius 1 is 1.30 bits per heavy atom. The largest absolute Gasteiger partial charge is 0.388 e. The molecule has 3 fully saturated rings. The summed E-state index contributed by atoms with van der Waals surface area (Å²) in [6, 6.07) is -0.267. The first kappa shape index (κ1) is 14.3. The van der Waals surface area contributed by atoms with Gasteiger partial charge in [0.2, 0.25) is 5.91 Å². The Morgan fingerprint density at radius 3 is 2.55 bits per heavy atom. The lowest BCUT2D eigenvalue weighted by atomic mass is 9.91. The van der Waals surface area contributed by atoms with Crippen molar-refractivity contribution in [2.75, 3.05) is 6.54 Å². The minimum atomic E-state index is -0.684. The summed E-state index contributed by atoms with van der Waals surface area (Å²) >= 11 is 0. The number of carbonyl (C=O) groups excluding carboxylic acids is 1. The number of β-amino-alcohol motifs (C(OH)–C–C–N with tert-alkyl or cyclic N) is 1. The predicted octanol–water partition coefficient (Wildman–Crippen LogP) is 0.275. The van der Waals surface area contributed by atoms with Crippen molar-refractivity contribution in [3.05, 3.63) is 0 Å². The van der Waals surface area contributed by atoms with Crippen molar-refractivity contribution in [3.8, 4) is 0 Å². The van der Waals surface area contributed by atoms with Crippen molar-refractivity contribution < 1.29 is 24.1 Å². The first-order valence-electron chi connectivity index (χ1n) is 7.30. The average Bonchev–Trinajstić information content (AvgIpc) is 2.85. The Hall–Kier alpha value is -0.690. The lowest BCUT2D eigenvalue weighted by Crippen LogP contribution is -2.60. The highest BCUT2D eigenvalue weighted by atomic mass is 16.8. The van der Waals surface area contributed by atoms with Gasteiger partial charge in [0.25, 0.3) is 0 Å². The number of aliphatic hydroxyl groups is 1. The van der Waals surface area contributed by atoms with E-state index in [-0.39, 0.29) is 36.4 Å². The van der Waals surface area contributed by atoms with Crippen LogP contribution in [0.3, 0.4) is 0 Å². The van der Waals surface area contributed by atoms with Crippen molar-refractivity contribution in [2.24, 2.45) is 0 Å². The van der Waals surface area contributed by atoms with Crippen LogP contribution in [0.2, 0.25) is 0 Å². The molecule has 0 radical (unpaired) electrons. The van der Waals surface area contributed by atoms with Crippen LogP contribution in [-0.2, 0) is 19.0 Å². The molecule has 114 valence electrons. The van der Waals surface area contributed by atoms with Gasteiger partial charge in [-0.1, -0.05) is 6.92 Å². The van der Waals surface area contributed by atoms with Crippen LogP contribution in [0.4, 0.5) is 0 Å². The molecule has 0 spiro atoms. The molecule has 1 amide bonds. The van der Waals surface area contributed by atoms with Crippen molar-refractivity contribution in [3.63, 3.8) is 0 Å². The van der Waals surface area contributed by atoms with E-state index >= 15 is 0 Å². The van der Waals surface area contributed by atoms with Gasteiger partial charge in [0.05, 0.1) is 18.2 Å². The number of amides is 1. The highest BCUT2D eigenvalue weighted by Gasteiger charge is 2.60. The Kier molecular flexibility index (Phi) is 3.32. The standard InChI is InChI=1S/C14H23NO5/c1-5-9-12-13(20-14(3,4)19-12)10-11(18-9)8(17)6-15(10)7(2)16/h8-13,17H,5-6H2,1-4H3/t8-,9-,10+,11?,12+,13-/m1/s1. The molecule has 1 N–H and O–H groups in total. The molecule has 3 rings (SSSR count). The maximum Gasteiger partial charge on any atom is 0.219 e. The van der Waals surface area contributed by atoms with E-state index < -0.39 is 11.9 Å². The summed E-state index contributed by atoms with van der Waals surface area (Å²) in [5, 5.41) is 10.2. The molecule has 0 aromatic carbocycles. The van der Waals surface area contributed by atoms with E-state index in [0.29, 0.717) is 6.54 Å². The molecule has 3 saturated heterocycles. The number of carbonyl (C=O) groups is 1. The summed E-state index contributed by atoms with van der Waals surface area (Å²) in [5.74, 6) is -0.751. The second kappa shape index (κ2) is 4.66. The molecule has 6 atom stereocenters. The van der Waals surface area contributed by atoms with Gasteiger partial charge in [-0.15, -0.1) is 0 Å². The topological polar surface area (TPSA) is 68.2 Å². The summed E-state index contributed by atoms with van der Waals surface area (Å²) in [6.07, 6.45) is -0.798. The number of fused-ring (bicyclic) bond motifs is 3. The summed E-state index contributed by atoms with van der Waals surface area (Å²) in [7, 11) is 0. The van der Waals surface area contributed by atoms with Gasteiger partial charge in [-0.25, -0.2) is 0 Å². The second-order valence-electron chi connectivity index (χ2n) is 6.34. The average molecular weight is 285 g/mol. The van der Waals surface area contributed by atoms with E-state index in [4.69, 9.17) is 14.2 Å². The number of ether oxygens (including phenoxy) is 3. The highest BCUT2D eigenvalue weighted by molar-refractivity contribution is 5.74. The lowest BCUT2D eigenvalue weighted by molar-refractivity contribution is -0.172. The molecule has 3 heterocycles. The molecular formula is C14H23NO5. The van der Waals surface area contributed by atoms with Gasteiger partial charge >= 0.3 is 0 Å². The maximum absolute atomic E-state index is 11.8. The number of hydrogen-bond acceptors (Lipinski definition) is 5. The Balaban J connectivity index is 1.93. The molecule has 0 bridgehead atoms. The first-order chi connectivity index (χ1) is 9.34. The van der Waals surface area contributed by atoms with Crippen LogP contribution in [0.5, 0.6) is 0 Å².